The Bertz CT molecular complexity index is 883. The predicted octanol–water partition coefficient (Wildman–Crippen LogP) is 5.86. The Morgan fingerprint density at radius 2 is 1.52 bits per heavy atom. The highest BCUT2D eigenvalue weighted by molar-refractivity contribution is 5.77. The lowest BCUT2D eigenvalue weighted by Crippen LogP contribution is -1.89. The molecule has 3 aromatic rings. The average Bonchev–Trinajstić information content (AvgIpc) is 3.12. The summed E-state index contributed by atoms with van der Waals surface area (Å²) in [5.74, 6) is 7.45. The predicted molar refractivity (Wildman–Crippen MR) is 101 cm³/mol. The van der Waals surface area contributed by atoms with Gasteiger partial charge in [0.25, 0.3) is 0 Å². The first-order valence-corrected chi connectivity index (χ1v) is 8.73. The van der Waals surface area contributed by atoms with Crippen molar-refractivity contribution in [1.82, 2.24) is 5.16 Å². The van der Waals surface area contributed by atoms with Crippen LogP contribution in [0.1, 0.15) is 31.2 Å². The normalized spacial score (nSPS) is 13.7. The molecule has 2 aromatic carbocycles. The van der Waals surface area contributed by atoms with E-state index in [0.29, 0.717) is 0 Å². The van der Waals surface area contributed by atoms with Crippen molar-refractivity contribution in [2.75, 3.05) is 0 Å². The van der Waals surface area contributed by atoms with Crippen LogP contribution in [0.5, 0.6) is 0 Å². The van der Waals surface area contributed by atoms with E-state index >= 15 is 0 Å². The van der Waals surface area contributed by atoms with Crippen LogP contribution in [-0.2, 0) is 0 Å². The Balaban J connectivity index is 1.82. The smallest absolute Gasteiger partial charge is 0.183 e. The molecular formula is C23H19NO. The van der Waals surface area contributed by atoms with E-state index in [0.717, 1.165) is 41.0 Å². The lowest BCUT2D eigenvalue weighted by molar-refractivity contribution is 0.435. The summed E-state index contributed by atoms with van der Waals surface area (Å²) in [6.45, 7) is 0. The van der Waals surface area contributed by atoms with Crippen LogP contribution < -0.4 is 0 Å². The molecule has 1 aliphatic carbocycles. The first-order valence-electron chi connectivity index (χ1n) is 8.73. The number of hydrogen-bond acceptors (Lipinski definition) is 2. The van der Waals surface area contributed by atoms with Crippen LogP contribution in [0.3, 0.4) is 0 Å². The highest BCUT2D eigenvalue weighted by atomic mass is 16.5. The van der Waals surface area contributed by atoms with Gasteiger partial charge < -0.3 is 4.52 Å². The maximum Gasteiger partial charge on any atom is 0.183 e. The summed E-state index contributed by atoms with van der Waals surface area (Å²) >= 11 is 0. The van der Waals surface area contributed by atoms with Crippen molar-refractivity contribution in [2.24, 2.45) is 0 Å². The summed E-state index contributed by atoms with van der Waals surface area (Å²) in [5.41, 5.74) is 4.92. The Hall–Kier alpha value is -3.05. The van der Waals surface area contributed by atoms with E-state index in [2.05, 4.69) is 23.1 Å². The molecular weight excluding hydrogens is 306 g/mol. The lowest BCUT2D eigenvalue weighted by atomic mass is 9.98. The topological polar surface area (TPSA) is 26.0 Å². The van der Waals surface area contributed by atoms with Crippen molar-refractivity contribution in [3.05, 3.63) is 77.9 Å². The quantitative estimate of drug-likeness (QED) is 0.551. The van der Waals surface area contributed by atoms with E-state index in [1.807, 2.05) is 60.7 Å². The zero-order valence-electron chi connectivity index (χ0n) is 14.0. The Kier molecular flexibility index (Phi) is 4.48. The van der Waals surface area contributed by atoms with Gasteiger partial charge in [0.05, 0.1) is 0 Å². The van der Waals surface area contributed by atoms with Crippen molar-refractivity contribution in [3.63, 3.8) is 0 Å². The summed E-state index contributed by atoms with van der Waals surface area (Å²) in [7, 11) is 0. The van der Waals surface area contributed by atoms with Gasteiger partial charge in [-0.05, 0) is 31.3 Å². The molecule has 0 spiro atoms. The fourth-order valence-corrected chi connectivity index (χ4v) is 3.08. The van der Waals surface area contributed by atoms with Gasteiger partial charge in [0.2, 0.25) is 0 Å². The van der Waals surface area contributed by atoms with Gasteiger partial charge in [-0.2, -0.15) is 0 Å². The van der Waals surface area contributed by atoms with Crippen LogP contribution in [0.15, 0.2) is 76.8 Å². The first kappa shape index (κ1) is 15.5. The van der Waals surface area contributed by atoms with E-state index in [1.165, 1.54) is 18.4 Å². The van der Waals surface area contributed by atoms with E-state index in [9.17, 15) is 0 Å². The van der Waals surface area contributed by atoms with E-state index < -0.39 is 0 Å². The van der Waals surface area contributed by atoms with Gasteiger partial charge in [0.15, 0.2) is 5.76 Å². The summed E-state index contributed by atoms with van der Waals surface area (Å²) in [6, 6.07) is 20.1. The SMILES string of the molecule is C(#Cc1c(-c2ccccc2)noc1-c1ccccc1)C1=CCCCC1. The summed E-state index contributed by atoms with van der Waals surface area (Å²) in [5, 5.41) is 4.33. The maximum absolute atomic E-state index is 5.70. The molecule has 0 atom stereocenters. The van der Waals surface area contributed by atoms with Crippen LogP contribution in [0, 0.1) is 11.8 Å². The molecule has 0 saturated carbocycles. The molecule has 0 amide bonds. The minimum absolute atomic E-state index is 0.739. The zero-order chi connectivity index (χ0) is 16.9. The third-order valence-electron chi connectivity index (χ3n) is 4.41. The molecule has 4 rings (SSSR count). The molecule has 0 fully saturated rings. The van der Waals surface area contributed by atoms with Crippen LogP contribution in [0.25, 0.3) is 22.6 Å². The van der Waals surface area contributed by atoms with Crippen molar-refractivity contribution >= 4 is 0 Å². The van der Waals surface area contributed by atoms with Crippen molar-refractivity contribution in [2.45, 2.75) is 25.7 Å². The number of aromatic nitrogens is 1. The molecule has 0 bridgehead atoms. The number of nitrogens with zero attached hydrogens (tertiary/aromatic N) is 1. The Morgan fingerprint density at radius 1 is 0.800 bits per heavy atom. The highest BCUT2D eigenvalue weighted by Crippen LogP contribution is 2.31. The van der Waals surface area contributed by atoms with Crippen molar-refractivity contribution < 1.29 is 4.52 Å². The maximum atomic E-state index is 5.70. The van der Waals surface area contributed by atoms with Crippen LogP contribution in [-0.4, -0.2) is 5.16 Å². The number of rotatable bonds is 2. The fraction of sp³-hybridized carbons (Fsp3) is 0.174. The monoisotopic (exact) mass is 325 g/mol. The molecule has 0 saturated heterocycles. The summed E-state index contributed by atoms with van der Waals surface area (Å²) in [6.07, 6.45) is 6.95. The minimum atomic E-state index is 0.739. The molecule has 1 aromatic heterocycles. The fourth-order valence-electron chi connectivity index (χ4n) is 3.08. The van der Waals surface area contributed by atoms with Crippen LogP contribution in [0.2, 0.25) is 0 Å². The molecule has 0 aliphatic heterocycles. The van der Waals surface area contributed by atoms with Gasteiger partial charge in [-0.15, -0.1) is 0 Å². The second-order valence-corrected chi connectivity index (χ2v) is 6.19. The zero-order valence-corrected chi connectivity index (χ0v) is 14.0. The largest absolute Gasteiger partial charge is 0.354 e. The molecule has 2 heteroatoms. The summed E-state index contributed by atoms with van der Waals surface area (Å²) in [4.78, 5) is 0. The molecule has 2 nitrogen and oxygen atoms in total. The van der Waals surface area contributed by atoms with Crippen molar-refractivity contribution in [1.29, 1.82) is 0 Å². The van der Waals surface area contributed by atoms with Crippen LogP contribution >= 0.6 is 0 Å². The average molecular weight is 325 g/mol. The molecule has 25 heavy (non-hydrogen) atoms. The van der Waals surface area contributed by atoms with Crippen LogP contribution in [0.4, 0.5) is 0 Å². The Labute approximate surface area is 148 Å². The number of hydrogen-bond donors (Lipinski definition) is 0. The third kappa shape index (κ3) is 3.41. The van der Waals surface area contributed by atoms with Gasteiger partial charge in [-0.1, -0.05) is 83.7 Å². The van der Waals surface area contributed by atoms with Gasteiger partial charge in [0, 0.05) is 11.1 Å². The van der Waals surface area contributed by atoms with E-state index in [1.54, 1.807) is 0 Å². The van der Waals surface area contributed by atoms with E-state index in [-0.39, 0.29) is 0 Å². The molecule has 0 N–H and O–H groups in total. The minimum Gasteiger partial charge on any atom is -0.354 e. The summed E-state index contributed by atoms with van der Waals surface area (Å²) < 4.78 is 5.70. The van der Waals surface area contributed by atoms with E-state index in [4.69, 9.17) is 4.52 Å². The Morgan fingerprint density at radius 3 is 2.20 bits per heavy atom. The van der Waals surface area contributed by atoms with Gasteiger partial charge in [-0.25, -0.2) is 0 Å². The number of allylic oxidation sites excluding steroid dienone is 2. The van der Waals surface area contributed by atoms with Crippen molar-refractivity contribution in [3.8, 4) is 34.4 Å². The number of benzene rings is 2. The molecule has 1 aliphatic rings. The second kappa shape index (κ2) is 7.23. The lowest BCUT2D eigenvalue weighted by Gasteiger charge is -2.05. The third-order valence-corrected chi connectivity index (χ3v) is 4.41. The van der Waals surface area contributed by atoms with Gasteiger partial charge >= 0.3 is 0 Å². The standard InChI is InChI=1S/C23H19NO/c1-4-10-18(11-5-1)16-17-21-22(19-12-6-2-7-13-19)24-25-23(21)20-14-8-3-9-15-20/h2-3,6-10,12-15H,1,4-5,11H2. The highest BCUT2D eigenvalue weighted by Gasteiger charge is 2.17. The molecule has 0 unspecified atom stereocenters. The van der Waals surface area contributed by atoms with Gasteiger partial charge in [0.1, 0.15) is 11.3 Å². The first-order chi connectivity index (χ1) is 12.4. The second-order valence-electron chi connectivity index (χ2n) is 6.19. The molecule has 1 heterocycles. The molecule has 122 valence electrons. The molecule has 0 radical (unpaired) electrons. The van der Waals surface area contributed by atoms with Gasteiger partial charge in [-0.3, -0.25) is 0 Å².